The van der Waals surface area contributed by atoms with Crippen LogP contribution in [0.1, 0.15) is 39.1 Å². The summed E-state index contributed by atoms with van der Waals surface area (Å²) in [5, 5.41) is 14.1. The number of β-amino-alcohol motifs (C(OH)–C–C–N with tert-alkyl or cyclic N) is 1. The third kappa shape index (κ3) is 2.10. The standard InChI is InChI=1S/C11H20N4O/c1-4-11(16)6-14(7-11)5-10-12-8-13-15(10)9(2)3/h8-9,16H,4-7H2,1-3H3. The molecule has 1 aliphatic heterocycles. The first-order valence-corrected chi connectivity index (χ1v) is 5.87. The van der Waals surface area contributed by atoms with Crippen LogP contribution in [0, 0.1) is 0 Å². The molecule has 0 spiro atoms. The van der Waals surface area contributed by atoms with Gasteiger partial charge in [0, 0.05) is 19.1 Å². The lowest BCUT2D eigenvalue weighted by molar-refractivity contribution is -0.104. The van der Waals surface area contributed by atoms with E-state index in [-0.39, 0.29) is 0 Å². The number of aliphatic hydroxyl groups is 1. The van der Waals surface area contributed by atoms with Crippen LogP contribution in [0.3, 0.4) is 0 Å². The second-order valence-electron chi connectivity index (χ2n) is 4.94. The highest BCUT2D eigenvalue weighted by molar-refractivity contribution is 4.97. The van der Waals surface area contributed by atoms with E-state index in [1.165, 1.54) is 0 Å². The number of hydrogen-bond acceptors (Lipinski definition) is 4. The Morgan fingerprint density at radius 2 is 2.19 bits per heavy atom. The number of aromatic nitrogens is 3. The van der Waals surface area contributed by atoms with Crippen LogP contribution in [-0.4, -0.2) is 43.5 Å². The molecule has 1 N–H and O–H groups in total. The van der Waals surface area contributed by atoms with Crippen LogP contribution in [0.4, 0.5) is 0 Å². The van der Waals surface area contributed by atoms with E-state index >= 15 is 0 Å². The van der Waals surface area contributed by atoms with Gasteiger partial charge in [0.2, 0.25) is 0 Å². The van der Waals surface area contributed by atoms with Gasteiger partial charge in [0.05, 0.1) is 12.1 Å². The van der Waals surface area contributed by atoms with Crippen molar-refractivity contribution in [1.82, 2.24) is 19.7 Å². The lowest BCUT2D eigenvalue weighted by Gasteiger charge is -2.45. The van der Waals surface area contributed by atoms with Crippen molar-refractivity contribution in [2.75, 3.05) is 13.1 Å². The molecule has 0 atom stereocenters. The number of likely N-dealkylation sites (tertiary alicyclic amines) is 1. The molecule has 0 unspecified atom stereocenters. The molecule has 0 saturated carbocycles. The van der Waals surface area contributed by atoms with E-state index in [0.717, 1.165) is 31.9 Å². The van der Waals surface area contributed by atoms with Gasteiger partial charge in [-0.05, 0) is 20.3 Å². The molecular weight excluding hydrogens is 204 g/mol. The molecule has 1 aliphatic rings. The van der Waals surface area contributed by atoms with Gasteiger partial charge in [-0.2, -0.15) is 5.10 Å². The molecule has 0 aliphatic carbocycles. The Morgan fingerprint density at radius 1 is 1.50 bits per heavy atom. The highest BCUT2D eigenvalue weighted by atomic mass is 16.3. The normalized spacial score (nSPS) is 20.1. The average molecular weight is 224 g/mol. The fourth-order valence-corrected chi connectivity index (χ4v) is 2.14. The van der Waals surface area contributed by atoms with Gasteiger partial charge < -0.3 is 5.11 Å². The molecule has 1 aromatic heterocycles. The van der Waals surface area contributed by atoms with E-state index < -0.39 is 5.60 Å². The lowest BCUT2D eigenvalue weighted by atomic mass is 9.91. The number of nitrogens with zero attached hydrogens (tertiary/aromatic N) is 4. The van der Waals surface area contributed by atoms with Gasteiger partial charge in [-0.1, -0.05) is 6.92 Å². The molecule has 2 heterocycles. The maximum atomic E-state index is 9.91. The van der Waals surface area contributed by atoms with Crippen LogP contribution in [0.2, 0.25) is 0 Å². The number of hydrogen-bond donors (Lipinski definition) is 1. The molecule has 1 saturated heterocycles. The summed E-state index contributed by atoms with van der Waals surface area (Å²) in [6.07, 6.45) is 2.42. The van der Waals surface area contributed by atoms with E-state index in [4.69, 9.17) is 0 Å². The van der Waals surface area contributed by atoms with Crippen molar-refractivity contribution in [1.29, 1.82) is 0 Å². The Bertz CT molecular complexity index is 355. The third-order valence-corrected chi connectivity index (χ3v) is 3.20. The molecule has 0 radical (unpaired) electrons. The van der Waals surface area contributed by atoms with Crippen molar-refractivity contribution in [3.05, 3.63) is 12.2 Å². The predicted molar refractivity (Wildman–Crippen MR) is 60.9 cm³/mol. The van der Waals surface area contributed by atoms with Gasteiger partial charge in [0.15, 0.2) is 0 Å². The maximum Gasteiger partial charge on any atom is 0.141 e. The van der Waals surface area contributed by atoms with Gasteiger partial charge in [0.25, 0.3) is 0 Å². The second kappa shape index (κ2) is 4.14. The summed E-state index contributed by atoms with van der Waals surface area (Å²) in [5.74, 6) is 0.980. The van der Waals surface area contributed by atoms with Crippen molar-refractivity contribution in [3.63, 3.8) is 0 Å². The first kappa shape index (κ1) is 11.5. The first-order chi connectivity index (χ1) is 7.54. The minimum atomic E-state index is -0.470. The highest BCUT2D eigenvalue weighted by Gasteiger charge is 2.39. The van der Waals surface area contributed by atoms with Gasteiger partial charge in [0.1, 0.15) is 12.2 Å². The zero-order valence-corrected chi connectivity index (χ0v) is 10.2. The Labute approximate surface area is 96.1 Å². The Hall–Kier alpha value is -0.940. The van der Waals surface area contributed by atoms with Crippen molar-refractivity contribution in [2.45, 2.75) is 45.4 Å². The molecule has 1 aromatic rings. The van der Waals surface area contributed by atoms with Crippen LogP contribution in [-0.2, 0) is 6.54 Å². The van der Waals surface area contributed by atoms with E-state index in [9.17, 15) is 5.11 Å². The Morgan fingerprint density at radius 3 is 2.75 bits per heavy atom. The van der Waals surface area contributed by atoms with Crippen LogP contribution < -0.4 is 0 Å². The lowest BCUT2D eigenvalue weighted by Crippen LogP contribution is -2.60. The summed E-state index contributed by atoms with van der Waals surface area (Å²) in [6.45, 7) is 8.48. The van der Waals surface area contributed by atoms with Crippen LogP contribution in [0.25, 0.3) is 0 Å². The van der Waals surface area contributed by atoms with Gasteiger partial charge in [-0.25, -0.2) is 9.67 Å². The molecule has 1 fully saturated rings. The second-order valence-corrected chi connectivity index (χ2v) is 4.94. The highest BCUT2D eigenvalue weighted by Crippen LogP contribution is 2.25. The smallest absolute Gasteiger partial charge is 0.141 e. The summed E-state index contributed by atoms with van der Waals surface area (Å²) in [5.41, 5.74) is -0.470. The van der Waals surface area contributed by atoms with E-state index in [2.05, 4.69) is 28.8 Å². The Balaban J connectivity index is 1.94. The molecule has 5 heteroatoms. The van der Waals surface area contributed by atoms with E-state index in [1.807, 2.05) is 11.6 Å². The maximum absolute atomic E-state index is 9.91. The van der Waals surface area contributed by atoms with Crippen LogP contribution >= 0.6 is 0 Å². The van der Waals surface area contributed by atoms with E-state index in [0.29, 0.717) is 6.04 Å². The van der Waals surface area contributed by atoms with Crippen LogP contribution in [0.5, 0.6) is 0 Å². The monoisotopic (exact) mass is 224 g/mol. The Kier molecular flexibility index (Phi) is 2.99. The summed E-state index contributed by atoms with van der Waals surface area (Å²) in [6, 6.07) is 0.337. The van der Waals surface area contributed by atoms with E-state index in [1.54, 1.807) is 6.33 Å². The molecule has 16 heavy (non-hydrogen) atoms. The molecule has 5 nitrogen and oxygen atoms in total. The molecule has 0 bridgehead atoms. The van der Waals surface area contributed by atoms with Gasteiger partial charge in [-0.3, -0.25) is 4.90 Å². The SMILES string of the molecule is CCC1(O)CN(Cc2ncnn2C(C)C)C1. The summed E-state index contributed by atoms with van der Waals surface area (Å²) in [7, 11) is 0. The largest absolute Gasteiger partial charge is 0.387 e. The first-order valence-electron chi connectivity index (χ1n) is 5.87. The van der Waals surface area contributed by atoms with Gasteiger partial charge >= 0.3 is 0 Å². The molecule has 2 rings (SSSR count). The van der Waals surface area contributed by atoms with Crippen molar-refractivity contribution in [2.24, 2.45) is 0 Å². The fourth-order valence-electron chi connectivity index (χ4n) is 2.14. The third-order valence-electron chi connectivity index (χ3n) is 3.20. The van der Waals surface area contributed by atoms with Crippen molar-refractivity contribution in [3.8, 4) is 0 Å². The molecular formula is C11H20N4O. The van der Waals surface area contributed by atoms with Crippen molar-refractivity contribution >= 4 is 0 Å². The summed E-state index contributed by atoms with van der Waals surface area (Å²) < 4.78 is 1.93. The predicted octanol–water partition coefficient (Wildman–Crippen LogP) is 0.816. The minimum absolute atomic E-state index is 0.337. The van der Waals surface area contributed by atoms with Crippen molar-refractivity contribution < 1.29 is 5.11 Å². The zero-order valence-electron chi connectivity index (χ0n) is 10.2. The molecule has 0 aromatic carbocycles. The minimum Gasteiger partial charge on any atom is -0.387 e. The topological polar surface area (TPSA) is 54.2 Å². The fraction of sp³-hybridized carbons (Fsp3) is 0.818. The van der Waals surface area contributed by atoms with Gasteiger partial charge in [-0.15, -0.1) is 0 Å². The summed E-state index contributed by atoms with van der Waals surface area (Å²) in [4.78, 5) is 6.46. The molecule has 90 valence electrons. The zero-order chi connectivity index (χ0) is 11.8. The van der Waals surface area contributed by atoms with Crippen LogP contribution in [0.15, 0.2) is 6.33 Å². The quantitative estimate of drug-likeness (QED) is 0.822. The summed E-state index contributed by atoms with van der Waals surface area (Å²) >= 11 is 0. The number of rotatable bonds is 4. The molecule has 0 amide bonds. The average Bonchev–Trinajstić information content (AvgIpc) is 2.63.